The van der Waals surface area contributed by atoms with Crippen molar-refractivity contribution in [3.05, 3.63) is 30.1 Å². The van der Waals surface area contributed by atoms with E-state index in [-0.39, 0.29) is 17.5 Å². The highest BCUT2D eigenvalue weighted by atomic mass is 32.2. The van der Waals surface area contributed by atoms with E-state index in [0.717, 1.165) is 18.6 Å². The van der Waals surface area contributed by atoms with E-state index in [0.29, 0.717) is 13.0 Å². The molecule has 1 aromatic rings. The molecular formula is C11H14FNO3S. The zero-order valence-electron chi connectivity index (χ0n) is 9.21. The number of aliphatic hydroxyl groups excluding tert-OH is 1. The first kappa shape index (κ1) is 12.5. The molecule has 1 fully saturated rings. The molecule has 2 rings (SSSR count). The second-order valence-corrected chi connectivity index (χ2v) is 5.94. The molecule has 1 aliphatic heterocycles. The summed E-state index contributed by atoms with van der Waals surface area (Å²) in [6.07, 6.45) is 1.41. The predicted molar refractivity (Wildman–Crippen MR) is 60.4 cm³/mol. The van der Waals surface area contributed by atoms with Gasteiger partial charge < -0.3 is 5.11 Å². The quantitative estimate of drug-likeness (QED) is 0.880. The minimum Gasteiger partial charge on any atom is -0.395 e. The highest BCUT2D eigenvalue weighted by Gasteiger charge is 2.34. The third-order valence-electron chi connectivity index (χ3n) is 2.95. The van der Waals surface area contributed by atoms with Crippen LogP contribution < -0.4 is 0 Å². The Morgan fingerprint density at radius 3 is 2.59 bits per heavy atom. The summed E-state index contributed by atoms with van der Waals surface area (Å²) in [5, 5.41) is 9.12. The zero-order valence-corrected chi connectivity index (χ0v) is 10.0. The van der Waals surface area contributed by atoms with Crippen LogP contribution in [0.25, 0.3) is 0 Å². The summed E-state index contributed by atoms with van der Waals surface area (Å²) in [6.45, 7) is 0.228. The number of hydrogen-bond donors (Lipinski definition) is 1. The lowest BCUT2D eigenvalue weighted by atomic mass is 10.2. The fourth-order valence-corrected chi connectivity index (χ4v) is 3.73. The maximum absolute atomic E-state index is 12.7. The lowest BCUT2D eigenvalue weighted by molar-refractivity contribution is 0.213. The summed E-state index contributed by atoms with van der Waals surface area (Å²) >= 11 is 0. The lowest BCUT2D eigenvalue weighted by Gasteiger charge is -2.22. The van der Waals surface area contributed by atoms with Crippen molar-refractivity contribution in [3.8, 4) is 0 Å². The average Bonchev–Trinajstić information content (AvgIpc) is 2.78. The van der Waals surface area contributed by atoms with E-state index in [1.165, 1.54) is 16.4 Å². The van der Waals surface area contributed by atoms with Gasteiger partial charge in [-0.2, -0.15) is 4.31 Å². The molecule has 1 aromatic carbocycles. The van der Waals surface area contributed by atoms with Gasteiger partial charge >= 0.3 is 0 Å². The minimum atomic E-state index is -3.61. The smallest absolute Gasteiger partial charge is 0.243 e. The van der Waals surface area contributed by atoms with Crippen molar-refractivity contribution in [1.82, 2.24) is 4.31 Å². The fourth-order valence-electron chi connectivity index (χ4n) is 2.05. The summed E-state index contributed by atoms with van der Waals surface area (Å²) in [4.78, 5) is 0.0688. The number of nitrogens with zero attached hydrogens (tertiary/aromatic N) is 1. The molecule has 4 nitrogen and oxygen atoms in total. The first-order valence-electron chi connectivity index (χ1n) is 5.44. The SMILES string of the molecule is O=S(=O)(c1ccc(F)cc1)N1CCC[C@@H]1CO. The standard InChI is InChI=1S/C11H14FNO3S/c12-9-3-5-11(6-4-9)17(15,16)13-7-1-2-10(13)8-14/h3-6,10,14H,1-2,7-8H2/t10-/m1/s1. The maximum Gasteiger partial charge on any atom is 0.243 e. The molecule has 0 saturated carbocycles. The zero-order chi connectivity index (χ0) is 12.5. The molecule has 1 N–H and O–H groups in total. The summed E-state index contributed by atoms with van der Waals surface area (Å²) < 4.78 is 38.5. The van der Waals surface area contributed by atoms with Crippen molar-refractivity contribution < 1.29 is 17.9 Å². The van der Waals surface area contributed by atoms with Gasteiger partial charge in [0.25, 0.3) is 0 Å². The largest absolute Gasteiger partial charge is 0.395 e. The molecule has 17 heavy (non-hydrogen) atoms. The van der Waals surface area contributed by atoms with Gasteiger partial charge in [-0.25, -0.2) is 12.8 Å². The second kappa shape index (κ2) is 4.72. The third-order valence-corrected chi connectivity index (χ3v) is 4.92. The van der Waals surface area contributed by atoms with Crippen molar-refractivity contribution in [2.24, 2.45) is 0 Å². The second-order valence-electron chi connectivity index (χ2n) is 4.05. The van der Waals surface area contributed by atoms with Gasteiger partial charge in [-0.1, -0.05) is 0 Å². The molecule has 94 valence electrons. The Morgan fingerprint density at radius 1 is 1.35 bits per heavy atom. The van der Waals surface area contributed by atoms with Crippen molar-refractivity contribution in [2.75, 3.05) is 13.2 Å². The van der Waals surface area contributed by atoms with E-state index in [4.69, 9.17) is 5.11 Å². The molecule has 0 spiro atoms. The van der Waals surface area contributed by atoms with Gasteiger partial charge in [-0.3, -0.25) is 0 Å². The molecule has 0 radical (unpaired) electrons. The van der Waals surface area contributed by atoms with Gasteiger partial charge in [0.2, 0.25) is 10.0 Å². The molecule has 1 atom stereocenters. The summed E-state index contributed by atoms with van der Waals surface area (Å²) in [7, 11) is -3.61. The highest BCUT2D eigenvalue weighted by molar-refractivity contribution is 7.89. The number of sulfonamides is 1. The van der Waals surface area contributed by atoms with E-state index >= 15 is 0 Å². The van der Waals surface area contributed by atoms with Gasteiger partial charge in [-0.05, 0) is 37.1 Å². The summed E-state index contributed by atoms with van der Waals surface area (Å²) in [5.74, 6) is -0.468. The lowest BCUT2D eigenvalue weighted by Crippen LogP contribution is -2.37. The van der Waals surface area contributed by atoms with Crippen LogP contribution in [-0.2, 0) is 10.0 Å². The molecular weight excluding hydrogens is 245 g/mol. The molecule has 0 unspecified atom stereocenters. The minimum absolute atomic E-state index is 0.0688. The molecule has 1 saturated heterocycles. The van der Waals surface area contributed by atoms with Crippen LogP contribution in [0.5, 0.6) is 0 Å². The Hall–Kier alpha value is -0.980. The van der Waals surface area contributed by atoms with E-state index in [1.807, 2.05) is 0 Å². The van der Waals surface area contributed by atoms with E-state index in [1.54, 1.807) is 0 Å². The predicted octanol–water partition coefficient (Wildman–Crippen LogP) is 0.971. The molecule has 0 aromatic heterocycles. The first-order chi connectivity index (χ1) is 8.05. The van der Waals surface area contributed by atoms with Gasteiger partial charge in [0.05, 0.1) is 11.5 Å². The molecule has 1 heterocycles. The van der Waals surface area contributed by atoms with Gasteiger partial charge in [0.1, 0.15) is 5.82 Å². The van der Waals surface area contributed by atoms with Crippen molar-refractivity contribution in [2.45, 2.75) is 23.8 Å². The Kier molecular flexibility index (Phi) is 3.46. The topological polar surface area (TPSA) is 57.6 Å². The van der Waals surface area contributed by atoms with Crippen LogP contribution in [0.4, 0.5) is 4.39 Å². The number of benzene rings is 1. The maximum atomic E-state index is 12.7. The Morgan fingerprint density at radius 2 is 2.00 bits per heavy atom. The number of hydrogen-bond acceptors (Lipinski definition) is 3. The van der Waals surface area contributed by atoms with Crippen LogP contribution in [0.3, 0.4) is 0 Å². The van der Waals surface area contributed by atoms with Crippen LogP contribution in [0.1, 0.15) is 12.8 Å². The Balaban J connectivity index is 2.33. The van der Waals surface area contributed by atoms with Crippen molar-refractivity contribution in [1.29, 1.82) is 0 Å². The molecule has 0 aliphatic carbocycles. The Bertz CT molecular complexity index is 486. The van der Waals surface area contributed by atoms with Gasteiger partial charge in [0, 0.05) is 12.6 Å². The van der Waals surface area contributed by atoms with Crippen LogP contribution in [0.2, 0.25) is 0 Å². The fraction of sp³-hybridized carbons (Fsp3) is 0.455. The molecule has 0 amide bonds. The number of halogens is 1. The van der Waals surface area contributed by atoms with E-state index in [2.05, 4.69) is 0 Å². The number of aliphatic hydroxyl groups is 1. The third kappa shape index (κ3) is 2.34. The Labute approximate surface area is 99.7 Å². The van der Waals surface area contributed by atoms with Crippen molar-refractivity contribution in [3.63, 3.8) is 0 Å². The molecule has 6 heteroatoms. The van der Waals surface area contributed by atoms with Crippen LogP contribution >= 0.6 is 0 Å². The molecule has 0 bridgehead atoms. The van der Waals surface area contributed by atoms with E-state index < -0.39 is 15.8 Å². The van der Waals surface area contributed by atoms with Crippen LogP contribution in [-0.4, -0.2) is 37.0 Å². The average molecular weight is 259 g/mol. The monoisotopic (exact) mass is 259 g/mol. The van der Waals surface area contributed by atoms with Gasteiger partial charge in [-0.15, -0.1) is 0 Å². The van der Waals surface area contributed by atoms with Crippen LogP contribution in [0.15, 0.2) is 29.2 Å². The highest BCUT2D eigenvalue weighted by Crippen LogP contribution is 2.25. The normalized spacial score (nSPS) is 21.9. The van der Waals surface area contributed by atoms with Crippen LogP contribution in [0, 0.1) is 5.82 Å². The first-order valence-corrected chi connectivity index (χ1v) is 6.88. The number of rotatable bonds is 3. The van der Waals surface area contributed by atoms with E-state index in [9.17, 15) is 12.8 Å². The van der Waals surface area contributed by atoms with Crippen molar-refractivity contribution >= 4 is 10.0 Å². The molecule has 1 aliphatic rings. The van der Waals surface area contributed by atoms with Gasteiger partial charge in [0.15, 0.2) is 0 Å². The summed E-state index contributed by atoms with van der Waals surface area (Å²) in [5.41, 5.74) is 0. The summed E-state index contributed by atoms with van der Waals surface area (Å²) in [6, 6.07) is 4.38.